The molecule has 1 aliphatic rings. The van der Waals surface area contributed by atoms with Crippen LogP contribution >= 0.6 is 0 Å². The Morgan fingerprint density at radius 2 is 2.11 bits per heavy atom. The molecule has 1 amide bonds. The standard InChI is InChI=1S/C12H15N3O3/c1-12(14-17)10(13-15(2)11(12)16)8-6-4-5-7-9(8)18-3/h4-7,14,17H,1-3H3. The Balaban J connectivity index is 2.56. The number of hydrazone groups is 1. The summed E-state index contributed by atoms with van der Waals surface area (Å²) in [5.74, 6) is 0.270. The fourth-order valence-corrected chi connectivity index (χ4v) is 1.98. The quantitative estimate of drug-likeness (QED) is 0.770. The average Bonchev–Trinajstić information content (AvgIpc) is 2.63. The first-order valence-corrected chi connectivity index (χ1v) is 5.46. The molecular formula is C12H15N3O3. The minimum absolute atomic E-state index is 0.328. The molecule has 0 aliphatic carbocycles. The molecule has 0 saturated carbocycles. The van der Waals surface area contributed by atoms with E-state index >= 15 is 0 Å². The van der Waals surface area contributed by atoms with Gasteiger partial charge in [0.1, 0.15) is 11.5 Å². The van der Waals surface area contributed by atoms with Gasteiger partial charge in [-0.25, -0.2) is 5.01 Å². The first-order chi connectivity index (χ1) is 8.54. The smallest absolute Gasteiger partial charge is 0.270 e. The van der Waals surface area contributed by atoms with Gasteiger partial charge in [0.15, 0.2) is 5.54 Å². The van der Waals surface area contributed by atoms with Crippen molar-refractivity contribution in [1.82, 2.24) is 10.5 Å². The van der Waals surface area contributed by atoms with Gasteiger partial charge in [0.2, 0.25) is 0 Å². The van der Waals surface area contributed by atoms with Crippen molar-refractivity contribution in [2.75, 3.05) is 14.2 Å². The number of amides is 1. The maximum atomic E-state index is 12.0. The Morgan fingerprint density at radius 3 is 2.72 bits per heavy atom. The second kappa shape index (κ2) is 4.40. The Hall–Kier alpha value is -1.92. The van der Waals surface area contributed by atoms with Crippen molar-refractivity contribution >= 4 is 11.6 Å². The molecule has 0 spiro atoms. The highest BCUT2D eigenvalue weighted by Crippen LogP contribution is 2.28. The molecular weight excluding hydrogens is 234 g/mol. The topological polar surface area (TPSA) is 74.2 Å². The number of carbonyl (C=O) groups excluding carboxylic acids is 1. The molecule has 1 heterocycles. The van der Waals surface area contributed by atoms with Crippen LogP contribution in [0.25, 0.3) is 0 Å². The molecule has 6 heteroatoms. The number of nitrogens with one attached hydrogen (secondary N) is 1. The van der Waals surface area contributed by atoms with Crippen molar-refractivity contribution in [2.45, 2.75) is 12.5 Å². The minimum atomic E-state index is -1.26. The number of ether oxygens (including phenoxy) is 1. The molecule has 1 aromatic rings. The van der Waals surface area contributed by atoms with E-state index < -0.39 is 5.54 Å². The number of benzene rings is 1. The van der Waals surface area contributed by atoms with Crippen LogP contribution in [0.1, 0.15) is 12.5 Å². The summed E-state index contributed by atoms with van der Waals surface area (Å²) in [6, 6.07) is 7.21. The van der Waals surface area contributed by atoms with Crippen LogP contribution in [0.3, 0.4) is 0 Å². The number of carbonyl (C=O) groups is 1. The lowest BCUT2D eigenvalue weighted by atomic mass is 9.91. The molecule has 1 aromatic carbocycles. The predicted molar refractivity (Wildman–Crippen MR) is 65.6 cm³/mol. The molecule has 96 valence electrons. The molecule has 0 aromatic heterocycles. The van der Waals surface area contributed by atoms with Crippen LogP contribution in [0.4, 0.5) is 0 Å². The fourth-order valence-electron chi connectivity index (χ4n) is 1.98. The zero-order valence-electron chi connectivity index (χ0n) is 10.5. The summed E-state index contributed by atoms with van der Waals surface area (Å²) in [6.45, 7) is 1.57. The zero-order chi connectivity index (χ0) is 13.3. The lowest BCUT2D eigenvalue weighted by molar-refractivity contribution is -0.134. The van der Waals surface area contributed by atoms with E-state index in [1.54, 1.807) is 33.2 Å². The number of likely N-dealkylation sites (N-methyl/N-ethyl adjacent to an activating group) is 1. The molecule has 0 fully saturated rings. The molecule has 1 aliphatic heterocycles. The van der Waals surface area contributed by atoms with Crippen LogP contribution in [-0.2, 0) is 4.79 Å². The van der Waals surface area contributed by atoms with Gasteiger partial charge in [-0.05, 0) is 19.1 Å². The average molecular weight is 249 g/mol. The summed E-state index contributed by atoms with van der Waals surface area (Å²) in [7, 11) is 3.09. The Bertz CT molecular complexity index is 515. The van der Waals surface area contributed by atoms with Gasteiger partial charge < -0.3 is 9.94 Å². The summed E-state index contributed by atoms with van der Waals surface area (Å²) < 4.78 is 5.25. The molecule has 1 atom stereocenters. The molecule has 0 radical (unpaired) electrons. The van der Waals surface area contributed by atoms with Gasteiger partial charge in [0.05, 0.1) is 7.11 Å². The molecule has 2 N–H and O–H groups in total. The van der Waals surface area contributed by atoms with Crippen LogP contribution in [-0.4, -0.2) is 41.5 Å². The maximum absolute atomic E-state index is 12.0. The Labute approximate surface area is 105 Å². The minimum Gasteiger partial charge on any atom is -0.496 e. The van der Waals surface area contributed by atoms with Gasteiger partial charge in [-0.3, -0.25) is 4.79 Å². The third kappa shape index (κ3) is 1.66. The van der Waals surface area contributed by atoms with Crippen LogP contribution in [0.2, 0.25) is 0 Å². The monoisotopic (exact) mass is 249 g/mol. The first-order valence-electron chi connectivity index (χ1n) is 5.46. The van der Waals surface area contributed by atoms with E-state index in [0.717, 1.165) is 0 Å². The Morgan fingerprint density at radius 1 is 1.44 bits per heavy atom. The number of methoxy groups -OCH3 is 1. The summed E-state index contributed by atoms with van der Waals surface area (Å²) >= 11 is 0. The number of hydroxylamine groups is 1. The number of hydrogen-bond donors (Lipinski definition) is 2. The van der Waals surface area contributed by atoms with E-state index in [-0.39, 0.29) is 5.91 Å². The zero-order valence-corrected chi connectivity index (χ0v) is 10.5. The predicted octanol–water partition coefficient (Wildman–Crippen LogP) is 0.609. The van der Waals surface area contributed by atoms with Crippen molar-refractivity contribution in [2.24, 2.45) is 5.10 Å². The second-order valence-electron chi connectivity index (χ2n) is 4.21. The largest absolute Gasteiger partial charge is 0.496 e. The third-order valence-electron chi connectivity index (χ3n) is 3.03. The number of hydrogen-bond acceptors (Lipinski definition) is 5. The first kappa shape index (κ1) is 12.5. The highest BCUT2D eigenvalue weighted by molar-refractivity contribution is 6.23. The molecule has 1 unspecified atom stereocenters. The molecule has 0 saturated heterocycles. The number of nitrogens with zero attached hydrogens (tertiary/aromatic N) is 2. The van der Waals surface area contributed by atoms with Crippen LogP contribution in [0, 0.1) is 0 Å². The van der Waals surface area contributed by atoms with E-state index in [1.165, 1.54) is 5.01 Å². The van der Waals surface area contributed by atoms with Crippen molar-refractivity contribution in [3.63, 3.8) is 0 Å². The maximum Gasteiger partial charge on any atom is 0.270 e. The van der Waals surface area contributed by atoms with Crippen LogP contribution < -0.4 is 10.2 Å². The van der Waals surface area contributed by atoms with E-state index in [2.05, 4.69) is 5.10 Å². The summed E-state index contributed by atoms with van der Waals surface area (Å²) in [5, 5.41) is 14.7. The number of rotatable bonds is 3. The lowest BCUT2D eigenvalue weighted by Crippen LogP contribution is -2.53. The highest BCUT2D eigenvalue weighted by atomic mass is 16.5. The van der Waals surface area contributed by atoms with Crippen molar-refractivity contribution in [1.29, 1.82) is 0 Å². The van der Waals surface area contributed by atoms with Gasteiger partial charge in [-0.2, -0.15) is 10.6 Å². The molecule has 6 nitrogen and oxygen atoms in total. The van der Waals surface area contributed by atoms with Crippen molar-refractivity contribution in [3.05, 3.63) is 29.8 Å². The van der Waals surface area contributed by atoms with Gasteiger partial charge in [0, 0.05) is 12.6 Å². The van der Waals surface area contributed by atoms with E-state index in [1.807, 2.05) is 17.6 Å². The van der Waals surface area contributed by atoms with E-state index in [9.17, 15) is 10.0 Å². The van der Waals surface area contributed by atoms with Gasteiger partial charge in [-0.15, -0.1) is 0 Å². The van der Waals surface area contributed by atoms with Crippen LogP contribution in [0.5, 0.6) is 5.75 Å². The van der Waals surface area contributed by atoms with E-state index in [0.29, 0.717) is 17.0 Å². The second-order valence-corrected chi connectivity index (χ2v) is 4.21. The fraction of sp³-hybridized carbons (Fsp3) is 0.333. The SMILES string of the molecule is COc1ccccc1C1=NN(C)C(=O)C1(C)NO. The lowest BCUT2D eigenvalue weighted by Gasteiger charge is -2.22. The van der Waals surface area contributed by atoms with Gasteiger partial charge in [0.25, 0.3) is 5.91 Å². The highest BCUT2D eigenvalue weighted by Gasteiger charge is 2.47. The normalized spacial score (nSPS) is 23.2. The Kier molecular flexibility index (Phi) is 3.06. The number of para-hydroxylation sites is 1. The summed E-state index contributed by atoms with van der Waals surface area (Å²) in [5.41, 5.74) is 1.88. The van der Waals surface area contributed by atoms with Crippen LogP contribution in [0.15, 0.2) is 29.4 Å². The molecule has 2 rings (SSSR count). The van der Waals surface area contributed by atoms with Gasteiger partial charge in [-0.1, -0.05) is 12.1 Å². The van der Waals surface area contributed by atoms with E-state index in [4.69, 9.17) is 4.74 Å². The summed E-state index contributed by atoms with van der Waals surface area (Å²) in [4.78, 5) is 12.0. The van der Waals surface area contributed by atoms with Crippen molar-refractivity contribution < 1.29 is 14.7 Å². The van der Waals surface area contributed by atoms with Crippen molar-refractivity contribution in [3.8, 4) is 5.75 Å². The third-order valence-corrected chi connectivity index (χ3v) is 3.03. The molecule has 18 heavy (non-hydrogen) atoms. The van der Waals surface area contributed by atoms with Gasteiger partial charge >= 0.3 is 0 Å². The summed E-state index contributed by atoms with van der Waals surface area (Å²) in [6.07, 6.45) is 0. The molecule has 0 bridgehead atoms.